The third-order valence-corrected chi connectivity index (χ3v) is 4.66. The van der Waals surface area contributed by atoms with Gasteiger partial charge < -0.3 is 5.11 Å². The van der Waals surface area contributed by atoms with E-state index in [0.29, 0.717) is 6.42 Å². The van der Waals surface area contributed by atoms with Crippen LogP contribution in [0.3, 0.4) is 0 Å². The molecule has 0 saturated heterocycles. The quantitative estimate of drug-likeness (QED) is 0.863. The fourth-order valence-electron chi connectivity index (χ4n) is 2.01. The summed E-state index contributed by atoms with van der Waals surface area (Å²) in [6, 6.07) is 17.9. The van der Waals surface area contributed by atoms with Gasteiger partial charge in [0, 0.05) is 6.42 Å². The van der Waals surface area contributed by atoms with Gasteiger partial charge in [0.2, 0.25) is 0 Å². The van der Waals surface area contributed by atoms with Crippen molar-refractivity contribution in [2.45, 2.75) is 23.8 Å². The molecule has 0 heterocycles. The molecule has 0 fully saturated rings. The smallest absolute Gasteiger partial charge is 0.189 e. The molecule has 0 aliphatic rings. The van der Waals surface area contributed by atoms with E-state index in [-0.39, 0.29) is 17.1 Å². The molecule has 2 rings (SSSR count). The SMILES string of the molecule is O=S(=O)(CC#CCC(O)Cc1ccccc1)c1ccccc1. The average molecular weight is 314 g/mol. The lowest BCUT2D eigenvalue weighted by atomic mass is 10.1. The van der Waals surface area contributed by atoms with Gasteiger partial charge in [-0.2, -0.15) is 0 Å². The van der Waals surface area contributed by atoms with Crippen LogP contribution in [-0.4, -0.2) is 25.4 Å². The largest absolute Gasteiger partial charge is 0.392 e. The highest BCUT2D eigenvalue weighted by molar-refractivity contribution is 7.91. The maximum atomic E-state index is 12.0. The third kappa shape index (κ3) is 5.03. The molecule has 4 heteroatoms. The lowest BCUT2D eigenvalue weighted by Crippen LogP contribution is -2.09. The Bertz CT molecular complexity index is 741. The Balaban J connectivity index is 1.87. The summed E-state index contributed by atoms with van der Waals surface area (Å²) < 4.78 is 24.0. The van der Waals surface area contributed by atoms with E-state index >= 15 is 0 Å². The average Bonchev–Trinajstić information content (AvgIpc) is 2.53. The van der Waals surface area contributed by atoms with Gasteiger partial charge in [-0.25, -0.2) is 8.42 Å². The topological polar surface area (TPSA) is 54.4 Å². The zero-order valence-electron chi connectivity index (χ0n) is 12.1. The molecular weight excluding hydrogens is 296 g/mol. The Labute approximate surface area is 131 Å². The van der Waals surface area contributed by atoms with Crippen molar-refractivity contribution in [2.24, 2.45) is 0 Å². The highest BCUT2D eigenvalue weighted by atomic mass is 32.2. The van der Waals surface area contributed by atoms with Crippen molar-refractivity contribution in [1.29, 1.82) is 0 Å². The van der Waals surface area contributed by atoms with E-state index in [1.165, 1.54) is 0 Å². The van der Waals surface area contributed by atoms with E-state index in [2.05, 4.69) is 11.8 Å². The van der Waals surface area contributed by atoms with Crippen LogP contribution in [-0.2, 0) is 16.3 Å². The second-order valence-electron chi connectivity index (χ2n) is 4.97. The molecule has 0 amide bonds. The predicted molar refractivity (Wildman–Crippen MR) is 87.0 cm³/mol. The normalized spacial score (nSPS) is 12.2. The van der Waals surface area contributed by atoms with Crippen LogP contribution in [0.2, 0.25) is 0 Å². The standard InChI is InChI=1S/C18H18O3S/c19-17(15-16-9-3-1-4-10-16)11-7-8-14-22(20,21)18-12-5-2-6-13-18/h1-6,9-10,12-13,17,19H,11,14-15H2. The van der Waals surface area contributed by atoms with Gasteiger partial charge in [-0.15, -0.1) is 0 Å². The highest BCUT2D eigenvalue weighted by Crippen LogP contribution is 2.09. The van der Waals surface area contributed by atoms with E-state index in [4.69, 9.17) is 0 Å². The summed E-state index contributed by atoms with van der Waals surface area (Å²) in [6.07, 6.45) is 0.189. The summed E-state index contributed by atoms with van der Waals surface area (Å²) in [5, 5.41) is 9.90. The first-order valence-electron chi connectivity index (χ1n) is 7.03. The molecule has 0 aromatic heterocycles. The molecule has 114 valence electrons. The second kappa shape index (κ2) is 7.79. The molecule has 0 bridgehead atoms. The van der Waals surface area contributed by atoms with Crippen LogP contribution in [0.25, 0.3) is 0 Å². The Hall–Kier alpha value is -2.09. The van der Waals surface area contributed by atoms with Crippen LogP contribution >= 0.6 is 0 Å². The Morgan fingerprint density at radius 1 is 0.909 bits per heavy atom. The second-order valence-corrected chi connectivity index (χ2v) is 6.96. The first kappa shape index (κ1) is 16.3. The number of aliphatic hydroxyl groups is 1. The summed E-state index contributed by atoms with van der Waals surface area (Å²) >= 11 is 0. The van der Waals surface area contributed by atoms with Crippen molar-refractivity contribution in [1.82, 2.24) is 0 Å². The van der Waals surface area contributed by atoms with Gasteiger partial charge in [0.25, 0.3) is 0 Å². The van der Waals surface area contributed by atoms with Crippen LogP contribution in [0, 0.1) is 11.8 Å². The first-order valence-corrected chi connectivity index (χ1v) is 8.69. The number of aliphatic hydroxyl groups excluding tert-OH is 1. The number of hydrogen-bond donors (Lipinski definition) is 1. The molecule has 1 N–H and O–H groups in total. The van der Waals surface area contributed by atoms with Crippen LogP contribution in [0.5, 0.6) is 0 Å². The number of hydrogen-bond acceptors (Lipinski definition) is 3. The van der Waals surface area contributed by atoms with Crippen LogP contribution in [0.1, 0.15) is 12.0 Å². The van der Waals surface area contributed by atoms with Crippen LogP contribution in [0.15, 0.2) is 65.6 Å². The van der Waals surface area contributed by atoms with Crippen molar-refractivity contribution in [3.63, 3.8) is 0 Å². The molecule has 2 aromatic rings. The molecule has 1 atom stereocenters. The van der Waals surface area contributed by atoms with Gasteiger partial charge in [0.05, 0.1) is 11.0 Å². The van der Waals surface area contributed by atoms with Crippen molar-refractivity contribution < 1.29 is 13.5 Å². The summed E-state index contributed by atoms with van der Waals surface area (Å²) in [5.41, 5.74) is 1.04. The van der Waals surface area contributed by atoms with Gasteiger partial charge in [0.15, 0.2) is 9.84 Å². The summed E-state index contributed by atoms with van der Waals surface area (Å²) in [5.74, 6) is 5.17. The van der Waals surface area contributed by atoms with Crippen LogP contribution < -0.4 is 0 Å². The molecule has 22 heavy (non-hydrogen) atoms. The van der Waals surface area contributed by atoms with Crippen LogP contribution in [0.4, 0.5) is 0 Å². The monoisotopic (exact) mass is 314 g/mol. The molecule has 0 aliphatic carbocycles. The van der Waals surface area contributed by atoms with Gasteiger partial charge in [-0.1, -0.05) is 60.4 Å². The van der Waals surface area contributed by atoms with Gasteiger partial charge in [-0.05, 0) is 24.1 Å². The molecule has 1 unspecified atom stereocenters. The van der Waals surface area contributed by atoms with Gasteiger partial charge in [0.1, 0.15) is 5.75 Å². The Morgan fingerprint density at radius 3 is 2.14 bits per heavy atom. The summed E-state index contributed by atoms with van der Waals surface area (Å²) in [6.45, 7) is 0. The molecule has 3 nitrogen and oxygen atoms in total. The maximum absolute atomic E-state index is 12.0. The van der Waals surface area contributed by atoms with Crippen molar-refractivity contribution >= 4 is 9.84 Å². The van der Waals surface area contributed by atoms with E-state index in [1.807, 2.05) is 30.3 Å². The highest BCUT2D eigenvalue weighted by Gasteiger charge is 2.11. The molecule has 0 aliphatic heterocycles. The van der Waals surface area contributed by atoms with Crippen molar-refractivity contribution in [3.05, 3.63) is 66.2 Å². The lowest BCUT2D eigenvalue weighted by molar-refractivity contribution is 0.180. The Morgan fingerprint density at radius 2 is 1.50 bits per heavy atom. The Kier molecular flexibility index (Phi) is 5.76. The van der Waals surface area contributed by atoms with Gasteiger partial charge in [-0.3, -0.25) is 0 Å². The molecule has 0 saturated carbocycles. The minimum atomic E-state index is -3.37. The first-order chi connectivity index (χ1) is 10.6. The predicted octanol–water partition coefficient (Wildman–Crippen LogP) is 2.46. The lowest BCUT2D eigenvalue weighted by Gasteiger charge is -2.06. The molecule has 0 spiro atoms. The minimum absolute atomic E-state index is 0.227. The van der Waals surface area contributed by atoms with E-state index in [9.17, 15) is 13.5 Å². The molecule has 2 aromatic carbocycles. The summed E-state index contributed by atoms with van der Waals surface area (Å²) in [7, 11) is -3.37. The van der Waals surface area contributed by atoms with Gasteiger partial charge >= 0.3 is 0 Å². The zero-order chi connectivity index (χ0) is 15.8. The third-order valence-electron chi connectivity index (χ3n) is 3.14. The van der Waals surface area contributed by atoms with E-state index in [0.717, 1.165) is 5.56 Å². The number of sulfone groups is 1. The zero-order valence-corrected chi connectivity index (χ0v) is 13.0. The summed E-state index contributed by atoms with van der Waals surface area (Å²) in [4.78, 5) is 0.272. The minimum Gasteiger partial charge on any atom is -0.392 e. The molecule has 0 radical (unpaired) electrons. The number of rotatable bonds is 5. The maximum Gasteiger partial charge on any atom is 0.189 e. The van der Waals surface area contributed by atoms with E-state index in [1.54, 1.807) is 30.3 Å². The number of benzene rings is 2. The fraction of sp³-hybridized carbons (Fsp3) is 0.222. The fourth-order valence-corrected chi connectivity index (χ4v) is 3.04. The molecular formula is C18H18O3S. The van der Waals surface area contributed by atoms with E-state index < -0.39 is 15.9 Å². The van der Waals surface area contributed by atoms with Crippen molar-refractivity contribution in [3.8, 4) is 11.8 Å². The van der Waals surface area contributed by atoms with Crippen molar-refractivity contribution in [2.75, 3.05) is 5.75 Å².